The Morgan fingerprint density at radius 3 is 2.83 bits per heavy atom. The zero-order valence-electron chi connectivity index (χ0n) is 12.8. The summed E-state index contributed by atoms with van der Waals surface area (Å²) >= 11 is 7.39. The van der Waals surface area contributed by atoms with Crippen molar-refractivity contribution in [2.45, 2.75) is 23.9 Å². The maximum absolute atomic E-state index is 5.92. The number of nitrogens with two attached hydrogens (primary N) is 2. The topological polar surface area (TPSA) is 95.6 Å². The highest BCUT2D eigenvalue weighted by atomic mass is 35.5. The maximum atomic E-state index is 5.92. The first kappa shape index (κ1) is 16.0. The molecular formula is C15H17ClN6S. The molecule has 1 unspecified atom stereocenters. The number of nitrogen functional groups attached to an aromatic ring is 1. The van der Waals surface area contributed by atoms with Gasteiger partial charge in [0.05, 0.1) is 22.7 Å². The third kappa shape index (κ3) is 3.26. The number of aromatic nitrogens is 4. The molecule has 3 aromatic rings. The van der Waals surface area contributed by atoms with Crippen LogP contribution < -0.4 is 11.5 Å². The summed E-state index contributed by atoms with van der Waals surface area (Å²) in [6.45, 7) is 2.54. The lowest BCUT2D eigenvalue weighted by Crippen LogP contribution is -1.99. The Balaban J connectivity index is 1.92. The summed E-state index contributed by atoms with van der Waals surface area (Å²) < 4.78 is 2.03. The number of hydrogen-bond donors (Lipinski definition) is 2. The molecule has 4 N–H and O–H groups in total. The smallest absolute Gasteiger partial charge is 0.191 e. The summed E-state index contributed by atoms with van der Waals surface area (Å²) in [5.74, 6) is 0.358. The van der Waals surface area contributed by atoms with Gasteiger partial charge in [-0.05, 0) is 18.6 Å². The van der Waals surface area contributed by atoms with Crippen LogP contribution in [0.4, 0.5) is 5.82 Å². The number of halogens is 1. The second kappa shape index (κ2) is 6.35. The van der Waals surface area contributed by atoms with E-state index in [4.69, 9.17) is 23.1 Å². The van der Waals surface area contributed by atoms with Crippen LogP contribution in [-0.2, 0) is 13.6 Å². The number of aryl methyl sites for hydroxylation is 1. The summed E-state index contributed by atoms with van der Waals surface area (Å²) in [6, 6.07) is 3.60. The second-order valence-electron chi connectivity index (χ2n) is 5.25. The minimum atomic E-state index is 0.0584. The molecule has 0 aliphatic carbocycles. The quantitative estimate of drug-likeness (QED) is 0.427. The van der Waals surface area contributed by atoms with Gasteiger partial charge < -0.3 is 16.0 Å². The van der Waals surface area contributed by atoms with E-state index in [1.54, 1.807) is 0 Å². The van der Waals surface area contributed by atoms with Gasteiger partial charge in [-0.15, -0.1) is 0 Å². The van der Waals surface area contributed by atoms with Crippen LogP contribution in [0.2, 0.25) is 5.15 Å². The largest absolute Gasteiger partial charge is 0.384 e. The predicted molar refractivity (Wildman–Crippen MR) is 94.3 cm³/mol. The first-order valence-corrected chi connectivity index (χ1v) is 8.34. The van der Waals surface area contributed by atoms with Gasteiger partial charge in [-0.25, -0.2) is 9.97 Å². The molecular weight excluding hydrogens is 332 g/mol. The van der Waals surface area contributed by atoms with Gasteiger partial charge in [-0.1, -0.05) is 23.4 Å². The summed E-state index contributed by atoms with van der Waals surface area (Å²) in [6.07, 6.45) is 3.91. The van der Waals surface area contributed by atoms with E-state index in [2.05, 4.69) is 21.0 Å². The maximum Gasteiger partial charge on any atom is 0.191 e. The van der Waals surface area contributed by atoms with E-state index in [1.165, 1.54) is 17.8 Å². The molecule has 0 aliphatic heterocycles. The van der Waals surface area contributed by atoms with Crippen molar-refractivity contribution in [1.82, 2.24) is 19.5 Å². The van der Waals surface area contributed by atoms with Gasteiger partial charge in [0.2, 0.25) is 0 Å². The normalized spacial score (nSPS) is 12.7. The second-order valence-corrected chi connectivity index (χ2v) is 6.95. The van der Waals surface area contributed by atoms with Gasteiger partial charge in [0, 0.05) is 31.2 Å². The lowest BCUT2D eigenvalue weighted by molar-refractivity contribution is 0.935. The molecule has 0 radical (unpaired) electrons. The monoisotopic (exact) mass is 348 g/mol. The molecule has 3 aromatic heterocycles. The average molecular weight is 349 g/mol. The SMILES string of the molecule is CC(Sc1nc(N)cc(Cl)n1)c1cc2c(CN)cn(C)c2cn1. The van der Waals surface area contributed by atoms with Crippen molar-refractivity contribution in [3.63, 3.8) is 0 Å². The van der Waals surface area contributed by atoms with Gasteiger partial charge >= 0.3 is 0 Å². The van der Waals surface area contributed by atoms with Crippen LogP contribution in [-0.4, -0.2) is 19.5 Å². The van der Waals surface area contributed by atoms with E-state index in [0.29, 0.717) is 22.7 Å². The van der Waals surface area contributed by atoms with Crippen molar-refractivity contribution in [2.24, 2.45) is 12.8 Å². The summed E-state index contributed by atoms with van der Waals surface area (Å²) in [5, 5.41) is 2.06. The Kier molecular flexibility index (Phi) is 4.43. The van der Waals surface area contributed by atoms with Gasteiger partial charge in [-0.3, -0.25) is 4.98 Å². The highest BCUT2D eigenvalue weighted by Gasteiger charge is 2.15. The standard InChI is InChI=1S/C15H17ClN6S/c1-8(23-15-20-13(16)4-14(18)21-15)11-3-10-9(5-17)7-22(2)12(10)6-19-11/h3-4,6-8H,5,17H2,1-2H3,(H2,18,20,21). The zero-order chi connectivity index (χ0) is 16.6. The average Bonchev–Trinajstić information content (AvgIpc) is 2.82. The van der Waals surface area contributed by atoms with Crippen LogP contribution in [0.1, 0.15) is 23.4 Å². The summed E-state index contributed by atoms with van der Waals surface area (Å²) in [4.78, 5) is 12.9. The van der Waals surface area contributed by atoms with Crippen molar-refractivity contribution in [3.05, 3.63) is 40.9 Å². The molecule has 3 rings (SSSR count). The first-order valence-electron chi connectivity index (χ1n) is 7.08. The Bertz CT molecular complexity index is 842. The Morgan fingerprint density at radius 1 is 1.35 bits per heavy atom. The van der Waals surface area contributed by atoms with Crippen LogP contribution in [0.5, 0.6) is 0 Å². The van der Waals surface area contributed by atoms with E-state index in [9.17, 15) is 0 Å². The van der Waals surface area contributed by atoms with E-state index < -0.39 is 0 Å². The van der Waals surface area contributed by atoms with Gasteiger partial charge in [0.1, 0.15) is 11.0 Å². The van der Waals surface area contributed by atoms with E-state index in [0.717, 1.165) is 22.2 Å². The molecule has 3 heterocycles. The molecule has 0 fully saturated rings. The lowest BCUT2D eigenvalue weighted by Gasteiger charge is -2.10. The van der Waals surface area contributed by atoms with Crippen LogP contribution in [0.25, 0.3) is 10.9 Å². The van der Waals surface area contributed by atoms with Crippen LogP contribution in [0.15, 0.2) is 29.7 Å². The van der Waals surface area contributed by atoms with Gasteiger partial charge in [0.15, 0.2) is 5.16 Å². The van der Waals surface area contributed by atoms with E-state index in [-0.39, 0.29) is 5.25 Å². The number of anilines is 1. The number of pyridine rings is 1. The molecule has 0 saturated carbocycles. The third-order valence-electron chi connectivity index (χ3n) is 3.59. The van der Waals surface area contributed by atoms with Crippen LogP contribution in [0, 0.1) is 0 Å². The van der Waals surface area contributed by atoms with Crippen molar-refractivity contribution >= 4 is 40.1 Å². The van der Waals surface area contributed by atoms with E-state index in [1.807, 2.05) is 30.9 Å². The fourth-order valence-corrected chi connectivity index (χ4v) is 3.56. The minimum absolute atomic E-state index is 0.0584. The molecule has 0 amide bonds. The number of nitrogens with zero attached hydrogens (tertiary/aromatic N) is 4. The highest BCUT2D eigenvalue weighted by Crippen LogP contribution is 2.34. The molecule has 6 nitrogen and oxygen atoms in total. The van der Waals surface area contributed by atoms with Crippen molar-refractivity contribution in [3.8, 4) is 0 Å². The number of hydrogen-bond acceptors (Lipinski definition) is 6. The lowest BCUT2D eigenvalue weighted by atomic mass is 10.1. The molecule has 23 heavy (non-hydrogen) atoms. The fraction of sp³-hybridized carbons (Fsp3) is 0.267. The number of thioether (sulfide) groups is 1. The Labute approximate surface area is 143 Å². The van der Waals surface area contributed by atoms with Crippen LogP contribution in [0.3, 0.4) is 0 Å². The third-order valence-corrected chi connectivity index (χ3v) is 4.77. The summed E-state index contributed by atoms with van der Waals surface area (Å²) in [5.41, 5.74) is 14.6. The van der Waals surface area contributed by atoms with Crippen molar-refractivity contribution < 1.29 is 0 Å². The Hall–Kier alpha value is -1.83. The predicted octanol–water partition coefficient (Wildman–Crippen LogP) is 2.91. The van der Waals surface area contributed by atoms with Gasteiger partial charge in [0.25, 0.3) is 0 Å². The summed E-state index contributed by atoms with van der Waals surface area (Å²) in [7, 11) is 1.99. The van der Waals surface area contributed by atoms with Crippen LogP contribution >= 0.6 is 23.4 Å². The molecule has 0 bridgehead atoms. The molecule has 8 heteroatoms. The molecule has 0 saturated heterocycles. The molecule has 0 spiro atoms. The molecule has 0 aliphatic rings. The molecule has 0 aromatic carbocycles. The molecule has 1 atom stereocenters. The number of rotatable bonds is 4. The van der Waals surface area contributed by atoms with E-state index >= 15 is 0 Å². The first-order chi connectivity index (χ1) is 11.0. The minimum Gasteiger partial charge on any atom is -0.384 e. The van der Waals surface area contributed by atoms with Gasteiger partial charge in [-0.2, -0.15) is 0 Å². The Morgan fingerprint density at radius 2 is 2.13 bits per heavy atom. The van der Waals surface area contributed by atoms with Crippen molar-refractivity contribution in [2.75, 3.05) is 5.73 Å². The highest BCUT2D eigenvalue weighted by molar-refractivity contribution is 7.99. The zero-order valence-corrected chi connectivity index (χ0v) is 14.4. The van der Waals surface area contributed by atoms with Crippen molar-refractivity contribution in [1.29, 1.82) is 0 Å². The fourth-order valence-electron chi connectivity index (χ4n) is 2.44. The number of fused-ring (bicyclic) bond motifs is 1. The molecule has 120 valence electrons.